The van der Waals surface area contributed by atoms with Crippen molar-refractivity contribution in [2.75, 3.05) is 25.2 Å². The van der Waals surface area contributed by atoms with Gasteiger partial charge in [0, 0.05) is 30.9 Å². The Hall–Kier alpha value is -1.06. The van der Waals surface area contributed by atoms with Crippen LogP contribution < -0.4 is 4.90 Å². The predicted molar refractivity (Wildman–Crippen MR) is 80.7 cm³/mol. The maximum atomic E-state index is 9.95. The van der Waals surface area contributed by atoms with E-state index in [0.717, 1.165) is 30.6 Å². The van der Waals surface area contributed by atoms with Crippen molar-refractivity contribution in [2.24, 2.45) is 0 Å². The van der Waals surface area contributed by atoms with Crippen LogP contribution in [0.2, 0.25) is 0 Å². The Labute approximate surface area is 117 Å². The van der Waals surface area contributed by atoms with Crippen LogP contribution in [-0.4, -0.2) is 31.4 Å². The smallest absolute Gasteiger partial charge is 0.0781 e. The minimum absolute atomic E-state index is 0.449. The first-order valence-electron chi connectivity index (χ1n) is 7.18. The fraction of sp³-hybridized carbons (Fsp3) is 0.625. The van der Waals surface area contributed by atoms with E-state index in [1.807, 2.05) is 25.1 Å². The molecular weight excluding hydrogens is 238 g/mol. The van der Waals surface area contributed by atoms with Crippen molar-refractivity contribution in [3.05, 3.63) is 29.8 Å². The third-order valence-electron chi connectivity index (χ3n) is 3.62. The number of hydrogen-bond acceptors (Lipinski definition) is 3. The Bertz CT molecular complexity index is 362. The van der Waals surface area contributed by atoms with E-state index in [9.17, 15) is 5.11 Å². The zero-order chi connectivity index (χ0) is 14.3. The second kappa shape index (κ2) is 8.18. The molecule has 0 heterocycles. The van der Waals surface area contributed by atoms with Crippen LogP contribution in [0.5, 0.6) is 0 Å². The molecule has 0 aliphatic carbocycles. The van der Waals surface area contributed by atoms with Gasteiger partial charge in [0.25, 0.3) is 0 Å². The summed E-state index contributed by atoms with van der Waals surface area (Å²) in [6.07, 6.45) is 1.73. The van der Waals surface area contributed by atoms with Crippen LogP contribution in [0.25, 0.3) is 0 Å². The number of benzene rings is 1. The Morgan fingerprint density at radius 3 is 2.37 bits per heavy atom. The van der Waals surface area contributed by atoms with Crippen molar-refractivity contribution < 1.29 is 9.84 Å². The number of para-hydroxylation sites is 1. The second-order valence-corrected chi connectivity index (χ2v) is 4.89. The van der Waals surface area contributed by atoms with E-state index < -0.39 is 6.10 Å². The van der Waals surface area contributed by atoms with Crippen LogP contribution in [0, 0.1) is 0 Å². The van der Waals surface area contributed by atoms with Crippen LogP contribution >= 0.6 is 0 Å². The SMILES string of the molecule is CCC(CC)N(CCOC)c1ccccc1[C@@H](C)O. The van der Waals surface area contributed by atoms with Gasteiger partial charge >= 0.3 is 0 Å². The molecule has 0 spiro atoms. The lowest BCUT2D eigenvalue weighted by atomic mass is 10.0. The summed E-state index contributed by atoms with van der Waals surface area (Å²) in [5, 5.41) is 9.95. The van der Waals surface area contributed by atoms with Crippen LogP contribution in [-0.2, 0) is 4.74 Å². The van der Waals surface area contributed by atoms with Crippen LogP contribution in [0.15, 0.2) is 24.3 Å². The lowest BCUT2D eigenvalue weighted by Crippen LogP contribution is -2.37. The number of hydrogen-bond donors (Lipinski definition) is 1. The van der Waals surface area contributed by atoms with Crippen LogP contribution in [0.3, 0.4) is 0 Å². The molecule has 3 nitrogen and oxygen atoms in total. The standard InChI is InChI=1S/C16H27NO2/c1-5-14(6-2)17(11-12-19-4)16-10-8-7-9-15(16)13(3)18/h7-10,13-14,18H,5-6,11-12H2,1-4H3/t13-/m1/s1. The van der Waals surface area contributed by atoms with Gasteiger partial charge in [-0.25, -0.2) is 0 Å². The predicted octanol–water partition coefficient (Wildman–Crippen LogP) is 3.38. The first-order chi connectivity index (χ1) is 9.15. The van der Waals surface area contributed by atoms with Gasteiger partial charge in [-0.1, -0.05) is 32.0 Å². The molecule has 0 amide bonds. The molecule has 0 unspecified atom stereocenters. The van der Waals surface area contributed by atoms with Gasteiger partial charge in [-0.05, 0) is 25.8 Å². The molecule has 1 atom stereocenters. The molecule has 0 saturated heterocycles. The average molecular weight is 265 g/mol. The number of methoxy groups -OCH3 is 1. The number of ether oxygens (including phenoxy) is 1. The minimum Gasteiger partial charge on any atom is -0.389 e. The van der Waals surface area contributed by atoms with E-state index in [1.54, 1.807) is 7.11 Å². The summed E-state index contributed by atoms with van der Waals surface area (Å²) in [5.41, 5.74) is 2.12. The maximum absolute atomic E-state index is 9.95. The topological polar surface area (TPSA) is 32.7 Å². The molecule has 0 aliphatic rings. The number of nitrogens with zero attached hydrogens (tertiary/aromatic N) is 1. The normalized spacial score (nSPS) is 12.7. The molecule has 3 heteroatoms. The molecule has 108 valence electrons. The van der Waals surface area contributed by atoms with E-state index in [-0.39, 0.29) is 0 Å². The van der Waals surface area contributed by atoms with Gasteiger partial charge in [-0.2, -0.15) is 0 Å². The minimum atomic E-state index is -0.449. The first kappa shape index (κ1) is 16.0. The first-order valence-corrected chi connectivity index (χ1v) is 7.18. The second-order valence-electron chi connectivity index (χ2n) is 4.89. The lowest BCUT2D eigenvalue weighted by Gasteiger charge is -2.34. The molecule has 0 bridgehead atoms. The van der Waals surface area contributed by atoms with Crippen molar-refractivity contribution >= 4 is 5.69 Å². The largest absolute Gasteiger partial charge is 0.389 e. The van der Waals surface area contributed by atoms with E-state index in [0.29, 0.717) is 12.6 Å². The van der Waals surface area contributed by atoms with Crippen LogP contribution in [0.1, 0.15) is 45.3 Å². The number of anilines is 1. The molecule has 1 N–H and O–H groups in total. The Balaban J connectivity index is 3.08. The molecular formula is C16H27NO2. The lowest BCUT2D eigenvalue weighted by molar-refractivity contribution is 0.196. The number of aliphatic hydroxyl groups excluding tert-OH is 1. The summed E-state index contributed by atoms with van der Waals surface area (Å²) >= 11 is 0. The van der Waals surface area contributed by atoms with Gasteiger partial charge in [0.15, 0.2) is 0 Å². The maximum Gasteiger partial charge on any atom is 0.0781 e. The van der Waals surface area contributed by atoms with E-state index >= 15 is 0 Å². The summed E-state index contributed by atoms with van der Waals surface area (Å²) in [5.74, 6) is 0. The Kier molecular flexibility index (Phi) is 6.89. The zero-order valence-corrected chi connectivity index (χ0v) is 12.6. The molecule has 0 fully saturated rings. The molecule has 1 aromatic carbocycles. The highest BCUT2D eigenvalue weighted by Crippen LogP contribution is 2.29. The van der Waals surface area contributed by atoms with Crippen molar-refractivity contribution in [3.8, 4) is 0 Å². The molecule has 19 heavy (non-hydrogen) atoms. The van der Waals surface area contributed by atoms with Gasteiger partial charge in [-0.3, -0.25) is 0 Å². The third kappa shape index (κ3) is 4.22. The molecule has 0 aliphatic heterocycles. The monoisotopic (exact) mass is 265 g/mol. The summed E-state index contributed by atoms with van der Waals surface area (Å²) in [6.45, 7) is 7.79. The van der Waals surface area contributed by atoms with E-state index in [1.165, 1.54) is 0 Å². The van der Waals surface area contributed by atoms with E-state index in [4.69, 9.17) is 4.74 Å². The molecule has 0 radical (unpaired) electrons. The molecule has 1 aromatic rings. The van der Waals surface area contributed by atoms with Gasteiger partial charge in [0.1, 0.15) is 0 Å². The summed E-state index contributed by atoms with van der Waals surface area (Å²) in [6, 6.07) is 8.59. The average Bonchev–Trinajstić information content (AvgIpc) is 2.43. The third-order valence-corrected chi connectivity index (χ3v) is 3.62. The van der Waals surface area contributed by atoms with Gasteiger partial charge in [-0.15, -0.1) is 0 Å². The quantitative estimate of drug-likeness (QED) is 0.782. The summed E-state index contributed by atoms with van der Waals surface area (Å²) < 4.78 is 5.23. The van der Waals surface area contributed by atoms with Gasteiger partial charge in [0.05, 0.1) is 12.7 Å². The highest BCUT2D eigenvalue weighted by atomic mass is 16.5. The zero-order valence-electron chi connectivity index (χ0n) is 12.6. The fourth-order valence-electron chi connectivity index (χ4n) is 2.52. The van der Waals surface area contributed by atoms with Crippen molar-refractivity contribution in [3.63, 3.8) is 0 Å². The van der Waals surface area contributed by atoms with Crippen molar-refractivity contribution in [1.82, 2.24) is 0 Å². The van der Waals surface area contributed by atoms with Crippen molar-refractivity contribution in [1.29, 1.82) is 0 Å². The molecule has 0 aromatic heterocycles. The highest BCUT2D eigenvalue weighted by molar-refractivity contribution is 5.55. The summed E-state index contributed by atoms with van der Waals surface area (Å²) in [7, 11) is 1.73. The highest BCUT2D eigenvalue weighted by Gasteiger charge is 2.19. The Morgan fingerprint density at radius 1 is 1.21 bits per heavy atom. The van der Waals surface area contributed by atoms with Crippen LogP contribution in [0.4, 0.5) is 5.69 Å². The van der Waals surface area contributed by atoms with Crippen molar-refractivity contribution in [2.45, 2.75) is 45.8 Å². The van der Waals surface area contributed by atoms with Gasteiger partial charge in [0.2, 0.25) is 0 Å². The van der Waals surface area contributed by atoms with Gasteiger partial charge < -0.3 is 14.7 Å². The fourth-order valence-corrected chi connectivity index (χ4v) is 2.52. The van der Waals surface area contributed by atoms with E-state index in [2.05, 4.69) is 24.8 Å². The molecule has 0 saturated carbocycles. The molecule has 1 rings (SSSR count). The Morgan fingerprint density at radius 2 is 1.84 bits per heavy atom. The summed E-state index contributed by atoms with van der Waals surface area (Å²) in [4.78, 5) is 2.37. The number of aliphatic hydroxyl groups is 1. The number of rotatable bonds is 8.